The summed E-state index contributed by atoms with van der Waals surface area (Å²) >= 11 is 0. The van der Waals surface area contributed by atoms with E-state index in [4.69, 9.17) is 9.47 Å². The van der Waals surface area contributed by atoms with Crippen LogP contribution in [-0.4, -0.2) is 75.7 Å². The molecule has 35 heavy (non-hydrogen) atoms. The van der Waals surface area contributed by atoms with Crippen molar-refractivity contribution in [2.24, 2.45) is 5.92 Å². The molecule has 5 rings (SSSR count). The average Bonchev–Trinajstić information content (AvgIpc) is 3.51. The molecule has 2 aromatic heterocycles. The van der Waals surface area contributed by atoms with E-state index in [1.165, 1.54) is 31.0 Å². The molecule has 3 aromatic rings. The summed E-state index contributed by atoms with van der Waals surface area (Å²) in [5, 5.41) is 13.2. The predicted octanol–water partition coefficient (Wildman–Crippen LogP) is 2.05. The van der Waals surface area contributed by atoms with Crippen molar-refractivity contribution < 1.29 is 24.2 Å². The van der Waals surface area contributed by atoms with Crippen molar-refractivity contribution in [1.82, 2.24) is 25.2 Å². The van der Waals surface area contributed by atoms with Crippen LogP contribution >= 0.6 is 0 Å². The lowest BCUT2D eigenvalue weighted by Crippen LogP contribution is -2.43. The highest BCUT2D eigenvalue weighted by Gasteiger charge is 2.35. The topological polar surface area (TPSA) is 130 Å². The number of methoxy groups -OCH3 is 1. The number of nitrogens with one attached hydrogen (secondary N) is 2. The van der Waals surface area contributed by atoms with Gasteiger partial charge in [-0.1, -0.05) is 0 Å². The number of carbonyl (C=O) groups excluding carboxylic acids is 2. The first-order chi connectivity index (χ1) is 16.9. The Morgan fingerprint density at radius 3 is 2.74 bits per heavy atom. The number of hydrogen-bond acceptors (Lipinski definition) is 7. The summed E-state index contributed by atoms with van der Waals surface area (Å²) in [6, 6.07) is 5.03. The SMILES string of the molecule is COc1ccc(OCC2CC2)c(-c2ncnc3c(C(=O)NC4CN(C(C)=O)CC4O)c(C)[nH]c23)c1. The van der Waals surface area contributed by atoms with E-state index in [1.54, 1.807) is 14.0 Å². The summed E-state index contributed by atoms with van der Waals surface area (Å²) in [5.74, 6) is 1.43. The van der Waals surface area contributed by atoms with Crippen LogP contribution in [0.15, 0.2) is 24.5 Å². The highest BCUT2D eigenvalue weighted by Crippen LogP contribution is 2.38. The number of aromatic amines is 1. The quantitative estimate of drug-likeness (QED) is 0.473. The molecule has 2 atom stereocenters. The van der Waals surface area contributed by atoms with Crippen LogP contribution in [0.5, 0.6) is 11.5 Å². The van der Waals surface area contributed by atoms with Gasteiger partial charge in [0.25, 0.3) is 5.91 Å². The van der Waals surface area contributed by atoms with Crippen LogP contribution in [0, 0.1) is 12.8 Å². The molecule has 10 heteroatoms. The average molecular weight is 480 g/mol. The lowest BCUT2D eigenvalue weighted by Gasteiger charge is -2.16. The maximum absolute atomic E-state index is 13.3. The number of benzene rings is 1. The number of aliphatic hydroxyl groups excluding tert-OH is 1. The standard InChI is InChI=1S/C25H29N5O5/c1-13-21(25(33)29-18-9-30(14(2)31)10-19(18)32)23-24(28-13)22(26-12-27-23)17-8-16(34-3)6-7-20(17)35-11-15-4-5-15/h6-8,12,15,18-19,28,32H,4-5,9-11H2,1-3H3,(H,29,33). The Morgan fingerprint density at radius 1 is 1.26 bits per heavy atom. The van der Waals surface area contributed by atoms with Gasteiger partial charge in [0.15, 0.2) is 0 Å². The van der Waals surface area contributed by atoms with Gasteiger partial charge in [-0.05, 0) is 43.9 Å². The Morgan fingerprint density at radius 2 is 2.06 bits per heavy atom. The van der Waals surface area contributed by atoms with E-state index in [2.05, 4.69) is 20.3 Å². The molecule has 2 fully saturated rings. The molecule has 1 saturated carbocycles. The van der Waals surface area contributed by atoms with Gasteiger partial charge in [0.05, 0.1) is 36.9 Å². The van der Waals surface area contributed by atoms with Gasteiger partial charge in [-0.25, -0.2) is 9.97 Å². The van der Waals surface area contributed by atoms with Gasteiger partial charge < -0.3 is 29.8 Å². The van der Waals surface area contributed by atoms with Gasteiger partial charge in [-0.3, -0.25) is 9.59 Å². The van der Waals surface area contributed by atoms with E-state index in [-0.39, 0.29) is 24.9 Å². The Kier molecular flexibility index (Phi) is 6.06. The molecule has 0 spiro atoms. The minimum atomic E-state index is -0.832. The zero-order valence-electron chi connectivity index (χ0n) is 20.0. The normalized spacial score (nSPS) is 19.7. The van der Waals surface area contributed by atoms with Crippen LogP contribution < -0.4 is 14.8 Å². The van der Waals surface area contributed by atoms with Crippen molar-refractivity contribution >= 4 is 22.8 Å². The Balaban J connectivity index is 1.49. The summed E-state index contributed by atoms with van der Waals surface area (Å²) in [7, 11) is 1.60. The molecule has 2 amide bonds. The number of fused-ring (bicyclic) bond motifs is 1. The van der Waals surface area contributed by atoms with Crippen molar-refractivity contribution in [3.8, 4) is 22.8 Å². The summed E-state index contributed by atoms with van der Waals surface area (Å²) in [4.78, 5) is 38.7. The van der Waals surface area contributed by atoms with Gasteiger partial charge in [-0.2, -0.15) is 0 Å². The second-order valence-electron chi connectivity index (χ2n) is 9.26. The predicted molar refractivity (Wildman–Crippen MR) is 128 cm³/mol. The zero-order chi connectivity index (χ0) is 24.7. The summed E-state index contributed by atoms with van der Waals surface area (Å²) in [5.41, 5.74) is 3.42. The second-order valence-corrected chi connectivity index (χ2v) is 9.26. The largest absolute Gasteiger partial charge is 0.497 e. The van der Waals surface area contributed by atoms with E-state index >= 15 is 0 Å². The van der Waals surface area contributed by atoms with E-state index in [1.807, 2.05) is 18.2 Å². The fourth-order valence-electron chi connectivity index (χ4n) is 4.47. The third-order valence-electron chi connectivity index (χ3n) is 6.66. The minimum absolute atomic E-state index is 0.139. The number of hydrogen-bond donors (Lipinski definition) is 3. The lowest BCUT2D eigenvalue weighted by atomic mass is 10.1. The molecule has 184 valence electrons. The summed E-state index contributed by atoms with van der Waals surface area (Å²) in [6.07, 6.45) is 2.95. The number of aryl methyl sites for hydroxylation is 1. The Labute approximate surface area is 202 Å². The molecule has 0 bridgehead atoms. The number of carbonyl (C=O) groups is 2. The molecule has 1 saturated heterocycles. The van der Waals surface area contributed by atoms with E-state index in [0.717, 1.165) is 5.56 Å². The molecule has 1 aliphatic carbocycles. The Bertz CT molecular complexity index is 1280. The minimum Gasteiger partial charge on any atom is -0.497 e. The number of likely N-dealkylation sites (tertiary alicyclic amines) is 1. The van der Waals surface area contributed by atoms with E-state index in [9.17, 15) is 14.7 Å². The number of β-amino-alcohol motifs (C(OH)–C–C–N with tert-alkyl or cyclic N) is 1. The smallest absolute Gasteiger partial charge is 0.255 e. The molecular formula is C25H29N5O5. The maximum Gasteiger partial charge on any atom is 0.255 e. The van der Waals surface area contributed by atoms with E-state index < -0.39 is 12.1 Å². The number of amides is 2. The highest BCUT2D eigenvalue weighted by atomic mass is 16.5. The fraction of sp³-hybridized carbons (Fsp3) is 0.440. The second kappa shape index (κ2) is 9.18. The third-order valence-corrected chi connectivity index (χ3v) is 6.66. The fourth-order valence-corrected chi connectivity index (χ4v) is 4.47. The molecule has 1 aliphatic heterocycles. The van der Waals surface area contributed by atoms with Gasteiger partial charge in [-0.15, -0.1) is 0 Å². The molecule has 2 aliphatic rings. The molecule has 0 radical (unpaired) electrons. The first kappa shape index (κ1) is 23.1. The number of nitrogens with zero attached hydrogens (tertiary/aromatic N) is 3. The van der Waals surface area contributed by atoms with Crippen LogP contribution in [0.4, 0.5) is 0 Å². The van der Waals surface area contributed by atoms with Crippen LogP contribution in [0.2, 0.25) is 0 Å². The van der Waals surface area contributed by atoms with E-state index in [0.29, 0.717) is 52.0 Å². The third kappa shape index (κ3) is 4.53. The van der Waals surface area contributed by atoms with Crippen LogP contribution in [0.3, 0.4) is 0 Å². The van der Waals surface area contributed by atoms with Gasteiger partial charge in [0.2, 0.25) is 5.91 Å². The maximum atomic E-state index is 13.3. The molecule has 3 heterocycles. The first-order valence-corrected chi connectivity index (χ1v) is 11.7. The number of aromatic nitrogens is 3. The molecular weight excluding hydrogens is 450 g/mol. The Hall–Kier alpha value is -3.66. The summed E-state index contributed by atoms with van der Waals surface area (Å²) in [6.45, 7) is 4.34. The van der Waals surface area contributed by atoms with Crippen LogP contribution in [0.1, 0.15) is 35.8 Å². The first-order valence-electron chi connectivity index (χ1n) is 11.7. The molecule has 3 N–H and O–H groups in total. The van der Waals surface area contributed by atoms with Crippen LogP contribution in [0.25, 0.3) is 22.3 Å². The van der Waals surface area contributed by atoms with Crippen molar-refractivity contribution in [1.29, 1.82) is 0 Å². The van der Waals surface area contributed by atoms with Crippen molar-refractivity contribution in [3.05, 3.63) is 35.8 Å². The lowest BCUT2D eigenvalue weighted by molar-refractivity contribution is -0.128. The number of aliphatic hydroxyl groups is 1. The number of H-pyrrole nitrogens is 1. The number of ether oxygens (including phenoxy) is 2. The molecule has 10 nitrogen and oxygen atoms in total. The van der Waals surface area contributed by atoms with Crippen molar-refractivity contribution in [2.75, 3.05) is 26.8 Å². The number of rotatable bonds is 7. The molecule has 2 unspecified atom stereocenters. The highest BCUT2D eigenvalue weighted by molar-refractivity contribution is 6.09. The van der Waals surface area contributed by atoms with Gasteiger partial charge in [0, 0.05) is 31.3 Å². The molecule has 1 aromatic carbocycles. The monoisotopic (exact) mass is 479 g/mol. The van der Waals surface area contributed by atoms with Gasteiger partial charge in [0.1, 0.15) is 29.0 Å². The van der Waals surface area contributed by atoms with Crippen LogP contribution in [-0.2, 0) is 4.79 Å². The summed E-state index contributed by atoms with van der Waals surface area (Å²) < 4.78 is 11.5. The van der Waals surface area contributed by atoms with Crippen molar-refractivity contribution in [2.45, 2.75) is 38.8 Å². The van der Waals surface area contributed by atoms with Gasteiger partial charge >= 0.3 is 0 Å². The zero-order valence-corrected chi connectivity index (χ0v) is 20.0. The van der Waals surface area contributed by atoms with Crippen molar-refractivity contribution in [3.63, 3.8) is 0 Å².